The third kappa shape index (κ3) is 4.06. The average Bonchev–Trinajstić information content (AvgIpc) is 2.84. The molecular formula is C14H15ClN2OS. The number of hydrogen-bond acceptors (Lipinski definition) is 3. The highest BCUT2D eigenvalue weighted by Crippen LogP contribution is 2.18. The highest BCUT2D eigenvalue weighted by atomic mass is 35.5. The molecule has 2 rings (SSSR count). The van der Waals surface area contributed by atoms with Gasteiger partial charge in [-0.05, 0) is 23.8 Å². The molecule has 0 fully saturated rings. The van der Waals surface area contributed by atoms with Crippen LogP contribution in [0.1, 0.15) is 20.8 Å². The zero-order chi connectivity index (χ0) is 13.7. The van der Waals surface area contributed by atoms with Crippen molar-refractivity contribution in [1.29, 1.82) is 0 Å². The van der Waals surface area contributed by atoms with Crippen molar-refractivity contribution in [2.45, 2.75) is 13.1 Å². The lowest BCUT2D eigenvalue weighted by Crippen LogP contribution is -2.18. The van der Waals surface area contributed by atoms with Crippen molar-refractivity contribution in [3.05, 3.63) is 56.7 Å². The fourth-order valence-corrected chi connectivity index (χ4v) is 2.74. The van der Waals surface area contributed by atoms with E-state index in [1.165, 1.54) is 4.88 Å². The Balaban J connectivity index is 1.84. The first-order valence-electron chi connectivity index (χ1n) is 5.93. The summed E-state index contributed by atoms with van der Waals surface area (Å²) in [6.45, 7) is 1.57. The lowest BCUT2D eigenvalue weighted by Gasteiger charge is -2.05. The second kappa shape index (κ2) is 6.70. The third-order valence-corrected chi connectivity index (χ3v) is 3.98. The lowest BCUT2D eigenvalue weighted by molar-refractivity contribution is 0.0963. The molecule has 1 aromatic carbocycles. The first-order chi connectivity index (χ1) is 9.19. The summed E-state index contributed by atoms with van der Waals surface area (Å²) in [5.41, 5.74) is 1.83. The maximum absolute atomic E-state index is 11.4. The van der Waals surface area contributed by atoms with Gasteiger partial charge < -0.3 is 10.6 Å². The summed E-state index contributed by atoms with van der Waals surface area (Å²) in [5.74, 6) is -0.0623. The Morgan fingerprint density at radius 1 is 1.26 bits per heavy atom. The summed E-state index contributed by atoms with van der Waals surface area (Å²) in [5, 5.41) is 8.66. The van der Waals surface area contributed by atoms with Crippen LogP contribution >= 0.6 is 22.9 Å². The Morgan fingerprint density at radius 3 is 2.58 bits per heavy atom. The van der Waals surface area contributed by atoms with Crippen molar-refractivity contribution in [3.8, 4) is 0 Å². The van der Waals surface area contributed by atoms with Gasteiger partial charge in [0.05, 0.1) is 5.02 Å². The van der Waals surface area contributed by atoms with Crippen molar-refractivity contribution >= 4 is 28.8 Å². The predicted octanol–water partition coefficient (Wildman–Crippen LogP) is 3.05. The topological polar surface area (TPSA) is 41.1 Å². The number of nitrogens with one attached hydrogen (secondary N) is 2. The summed E-state index contributed by atoms with van der Waals surface area (Å²) >= 11 is 7.51. The molecule has 0 unspecified atom stereocenters. The number of carbonyl (C=O) groups excluding carboxylic acids is 1. The largest absolute Gasteiger partial charge is 0.355 e. The smallest absolute Gasteiger partial charge is 0.251 e. The zero-order valence-corrected chi connectivity index (χ0v) is 12.1. The molecule has 0 aliphatic heterocycles. The molecule has 1 heterocycles. The van der Waals surface area contributed by atoms with Crippen LogP contribution in [0.4, 0.5) is 0 Å². The van der Waals surface area contributed by atoms with E-state index in [9.17, 15) is 4.79 Å². The van der Waals surface area contributed by atoms with Gasteiger partial charge >= 0.3 is 0 Å². The van der Waals surface area contributed by atoms with Crippen molar-refractivity contribution < 1.29 is 4.79 Å². The first-order valence-corrected chi connectivity index (χ1v) is 7.19. The van der Waals surface area contributed by atoms with E-state index in [1.54, 1.807) is 18.4 Å². The van der Waals surface area contributed by atoms with Crippen LogP contribution in [0.2, 0.25) is 5.02 Å². The molecule has 0 spiro atoms. The van der Waals surface area contributed by atoms with E-state index < -0.39 is 0 Å². The minimum absolute atomic E-state index is 0.0623. The monoisotopic (exact) mass is 294 g/mol. The lowest BCUT2D eigenvalue weighted by atomic mass is 10.1. The molecule has 0 saturated heterocycles. The number of halogens is 1. The van der Waals surface area contributed by atoms with Gasteiger partial charge in [-0.2, -0.15) is 0 Å². The van der Waals surface area contributed by atoms with Crippen LogP contribution in [-0.4, -0.2) is 13.0 Å². The first kappa shape index (κ1) is 14.1. The van der Waals surface area contributed by atoms with Crippen LogP contribution < -0.4 is 10.6 Å². The molecular weight excluding hydrogens is 280 g/mol. The molecule has 0 atom stereocenters. The fourth-order valence-electron chi connectivity index (χ4n) is 1.69. The van der Waals surface area contributed by atoms with Gasteiger partial charge in [0, 0.05) is 36.0 Å². The molecule has 19 heavy (non-hydrogen) atoms. The van der Waals surface area contributed by atoms with Crippen LogP contribution in [0.15, 0.2) is 35.7 Å². The Morgan fingerprint density at radius 2 is 2.00 bits per heavy atom. The van der Waals surface area contributed by atoms with Gasteiger partial charge in [-0.15, -0.1) is 11.3 Å². The van der Waals surface area contributed by atoms with Gasteiger partial charge in [0.15, 0.2) is 0 Å². The summed E-state index contributed by atoms with van der Waals surface area (Å²) < 4.78 is 0. The molecule has 0 bridgehead atoms. The van der Waals surface area contributed by atoms with Crippen LogP contribution in [0.5, 0.6) is 0 Å². The van der Waals surface area contributed by atoms with Gasteiger partial charge in [0.2, 0.25) is 0 Å². The maximum Gasteiger partial charge on any atom is 0.251 e. The van der Waals surface area contributed by atoms with Crippen LogP contribution in [0.3, 0.4) is 0 Å². The molecule has 0 radical (unpaired) electrons. The summed E-state index contributed by atoms with van der Waals surface area (Å²) in [6, 6.07) is 9.54. The van der Waals surface area contributed by atoms with Crippen LogP contribution in [0, 0.1) is 0 Å². The number of benzene rings is 1. The van der Waals surface area contributed by atoms with E-state index in [2.05, 4.69) is 10.6 Å². The molecule has 5 heteroatoms. The molecule has 1 aromatic heterocycles. The molecule has 2 aromatic rings. The average molecular weight is 295 g/mol. The van der Waals surface area contributed by atoms with Crippen molar-refractivity contribution in [2.24, 2.45) is 0 Å². The number of carbonyl (C=O) groups is 1. The summed E-state index contributed by atoms with van der Waals surface area (Å²) in [4.78, 5) is 12.6. The van der Waals surface area contributed by atoms with Gasteiger partial charge in [-0.1, -0.05) is 23.7 Å². The number of hydrogen-bond donors (Lipinski definition) is 2. The van der Waals surface area contributed by atoms with Crippen molar-refractivity contribution in [2.75, 3.05) is 7.05 Å². The van der Waals surface area contributed by atoms with Crippen molar-refractivity contribution in [1.82, 2.24) is 10.6 Å². The van der Waals surface area contributed by atoms with E-state index in [1.807, 2.05) is 35.7 Å². The molecule has 0 aliphatic rings. The van der Waals surface area contributed by atoms with E-state index >= 15 is 0 Å². The van der Waals surface area contributed by atoms with E-state index in [0.717, 1.165) is 23.7 Å². The Bertz CT molecular complexity index is 551. The Labute approximate surface area is 121 Å². The minimum Gasteiger partial charge on any atom is -0.355 e. The van der Waals surface area contributed by atoms with Crippen molar-refractivity contribution in [3.63, 3.8) is 0 Å². The Hall–Kier alpha value is -1.36. The van der Waals surface area contributed by atoms with Gasteiger partial charge in [-0.25, -0.2) is 0 Å². The van der Waals surface area contributed by atoms with Crippen LogP contribution in [0.25, 0.3) is 0 Å². The standard InChI is InChI=1S/C14H15ClN2OS/c1-16-14(18)11-4-2-10(3-5-11)7-17-8-13-6-12(15)9-19-13/h2-6,9,17H,7-8H2,1H3,(H,16,18). The number of thiophene rings is 1. The molecule has 0 aliphatic carbocycles. The summed E-state index contributed by atoms with van der Waals surface area (Å²) in [6.07, 6.45) is 0. The maximum atomic E-state index is 11.4. The fraction of sp³-hybridized carbons (Fsp3) is 0.214. The van der Waals surface area contributed by atoms with Gasteiger partial charge in [-0.3, -0.25) is 4.79 Å². The molecule has 0 saturated carbocycles. The third-order valence-electron chi connectivity index (χ3n) is 2.69. The molecule has 1 amide bonds. The van der Waals surface area contributed by atoms with Crippen LogP contribution in [-0.2, 0) is 13.1 Å². The van der Waals surface area contributed by atoms with Gasteiger partial charge in [0.25, 0.3) is 5.91 Å². The van der Waals surface area contributed by atoms with E-state index in [0.29, 0.717) is 5.56 Å². The summed E-state index contributed by atoms with van der Waals surface area (Å²) in [7, 11) is 1.63. The molecule has 100 valence electrons. The SMILES string of the molecule is CNC(=O)c1ccc(CNCc2cc(Cl)cs2)cc1. The second-order valence-corrected chi connectivity index (χ2v) is 5.54. The van der Waals surface area contributed by atoms with Gasteiger partial charge in [0.1, 0.15) is 0 Å². The number of rotatable bonds is 5. The zero-order valence-electron chi connectivity index (χ0n) is 10.6. The molecule has 3 nitrogen and oxygen atoms in total. The number of amides is 1. The highest BCUT2D eigenvalue weighted by molar-refractivity contribution is 7.10. The van der Waals surface area contributed by atoms with E-state index in [4.69, 9.17) is 11.6 Å². The Kier molecular flexibility index (Phi) is 4.96. The quantitative estimate of drug-likeness (QED) is 0.890. The normalized spacial score (nSPS) is 10.4. The molecule has 2 N–H and O–H groups in total. The van der Waals surface area contributed by atoms with E-state index in [-0.39, 0.29) is 5.91 Å². The second-order valence-electron chi connectivity index (χ2n) is 4.11. The minimum atomic E-state index is -0.0623. The predicted molar refractivity (Wildman–Crippen MR) is 79.7 cm³/mol. The highest BCUT2D eigenvalue weighted by Gasteiger charge is 2.02.